The van der Waals surface area contributed by atoms with Crippen LogP contribution in [0.4, 0.5) is 0 Å². The van der Waals surface area contributed by atoms with Gasteiger partial charge in [-0.3, -0.25) is 15.1 Å². The minimum atomic E-state index is -0.0394. The Bertz CT molecular complexity index is 164. The monoisotopic (exact) mass is 127 g/mol. The first-order valence-electron chi connectivity index (χ1n) is 2.81. The number of aliphatic imine (C=N–C) groups is 1. The Hall–Kier alpha value is -1.06. The Morgan fingerprint density at radius 1 is 1.89 bits per heavy atom. The van der Waals surface area contributed by atoms with Gasteiger partial charge in [-0.1, -0.05) is 6.92 Å². The lowest BCUT2D eigenvalue weighted by atomic mass is 10.1. The molecule has 1 heterocycles. The van der Waals surface area contributed by atoms with Crippen molar-refractivity contribution in [2.24, 2.45) is 16.6 Å². The largest absolute Gasteiger partial charge is 0.370 e. The van der Waals surface area contributed by atoms with Crippen molar-refractivity contribution in [1.82, 2.24) is 5.32 Å². The van der Waals surface area contributed by atoms with E-state index in [4.69, 9.17) is 5.73 Å². The fourth-order valence-corrected chi connectivity index (χ4v) is 0.607. The third-order valence-corrected chi connectivity index (χ3v) is 1.23. The summed E-state index contributed by atoms with van der Waals surface area (Å²) >= 11 is 0. The predicted molar refractivity (Wildman–Crippen MR) is 33.8 cm³/mol. The first-order valence-corrected chi connectivity index (χ1v) is 2.81. The molecule has 0 bridgehead atoms. The van der Waals surface area contributed by atoms with Gasteiger partial charge in [0.1, 0.15) is 0 Å². The van der Waals surface area contributed by atoms with Gasteiger partial charge in [0.25, 0.3) is 0 Å². The van der Waals surface area contributed by atoms with Crippen molar-refractivity contribution in [3.8, 4) is 0 Å². The molecule has 0 fully saturated rings. The summed E-state index contributed by atoms with van der Waals surface area (Å²) in [5.74, 6) is 0.165. The molecule has 0 unspecified atom stereocenters. The summed E-state index contributed by atoms with van der Waals surface area (Å²) in [7, 11) is 0. The Labute approximate surface area is 53.1 Å². The van der Waals surface area contributed by atoms with Gasteiger partial charge in [0, 0.05) is 0 Å². The zero-order chi connectivity index (χ0) is 6.85. The number of carbonyl (C=O) groups is 1. The maximum Gasteiger partial charge on any atom is 0.231 e. The highest BCUT2D eigenvalue weighted by Crippen LogP contribution is 1.98. The third kappa shape index (κ3) is 1.19. The molecular formula is C5H9N3O. The number of carbonyl (C=O) groups excluding carboxylic acids is 1. The van der Waals surface area contributed by atoms with Gasteiger partial charge in [0.15, 0.2) is 5.96 Å². The number of rotatable bonds is 0. The summed E-state index contributed by atoms with van der Waals surface area (Å²) in [6.45, 7) is 2.32. The van der Waals surface area contributed by atoms with Crippen molar-refractivity contribution in [3.05, 3.63) is 0 Å². The molecule has 0 aromatic rings. The number of amides is 1. The quantitative estimate of drug-likeness (QED) is 0.441. The van der Waals surface area contributed by atoms with E-state index in [9.17, 15) is 4.79 Å². The first-order chi connectivity index (χ1) is 4.20. The van der Waals surface area contributed by atoms with Gasteiger partial charge in [-0.15, -0.1) is 0 Å². The van der Waals surface area contributed by atoms with Gasteiger partial charge in [-0.05, 0) is 0 Å². The number of guanidine groups is 1. The van der Waals surface area contributed by atoms with Crippen LogP contribution in [0.25, 0.3) is 0 Å². The summed E-state index contributed by atoms with van der Waals surface area (Å²) in [6, 6.07) is 0. The molecule has 0 saturated carbocycles. The molecule has 1 amide bonds. The number of nitrogens with two attached hydrogens (primary N) is 1. The molecule has 3 N–H and O–H groups in total. The maximum absolute atomic E-state index is 10.7. The van der Waals surface area contributed by atoms with Crippen molar-refractivity contribution in [1.29, 1.82) is 0 Å². The fourth-order valence-electron chi connectivity index (χ4n) is 0.607. The van der Waals surface area contributed by atoms with E-state index in [1.807, 2.05) is 6.92 Å². The van der Waals surface area contributed by atoms with Crippen molar-refractivity contribution in [3.63, 3.8) is 0 Å². The molecule has 0 radical (unpaired) electrons. The molecule has 0 aromatic carbocycles. The number of hydrogen-bond donors (Lipinski definition) is 2. The van der Waals surface area contributed by atoms with Crippen LogP contribution in [0.5, 0.6) is 0 Å². The van der Waals surface area contributed by atoms with E-state index in [0.29, 0.717) is 6.54 Å². The van der Waals surface area contributed by atoms with Crippen LogP contribution in [0, 0.1) is 5.92 Å². The van der Waals surface area contributed by atoms with Crippen LogP contribution in [-0.4, -0.2) is 18.4 Å². The third-order valence-electron chi connectivity index (χ3n) is 1.23. The second kappa shape index (κ2) is 2.05. The minimum Gasteiger partial charge on any atom is -0.370 e. The second-order valence-corrected chi connectivity index (χ2v) is 2.12. The smallest absolute Gasteiger partial charge is 0.231 e. The van der Waals surface area contributed by atoms with E-state index in [0.717, 1.165) is 0 Å². The molecule has 0 aliphatic carbocycles. The molecule has 4 nitrogen and oxygen atoms in total. The van der Waals surface area contributed by atoms with Gasteiger partial charge in [0.2, 0.25) is 5.91 Å². The lowest BCUT2D eigenvalue weighted by Gasteiger charge is -2.14. The van der Waals surface area contributed by atoms with Crippen LogP contribution in [0.15, 0.2) is 4.99 Å². The summed E-state index contributed by atoms with van der Waals surface area (Å²) in [5.41, 5.74) is 5.21. The highest BCUT2D eigenvalue weighted by molar-refractivity contribution is 5.98. The SMILES string of the molecule is C[C@@H]1CN=C(N)NC1=O. The average Bonchev–Trinajstić information content (AvgIpc) is 1.80. The summed E-state index contributed by atoms with van der Waals surface area (Å²) in [4.78, 5) is 14.6. The van der Waals surface area contributed by atoms with Crippen molar-refractivity contribution < 1.29 is 4.79 Å². The Morgan fingerprint density at radius 3 is 3.00 bits per heavy atom. The van der Waals surface area contributed by atoms with Gasteiger partial charge in [0.05, 0.1) is 12.5 Å². The highest BCUT2D eigenvalue weighted by Gasteiger charge is 2.16. The van der Waals surface area contributed by atoms with Crippen molar-refractivity contribution in [2.45, 2.75) is 6.92 Å². The molecule has 1 rings (SSSR count). The van der Waals surface area contributed by atoms with Crippen LogP contribution in [0.2, 0.25) is 0 Å². The maximum atomic E-state index is 10.7. The lowest BCUT2D eigenvalue weighted by molar-refractivity contribution is -0.123. The van der Waals surface area contributed by atoms with Crippen LogP contribution < -0.4 is 11.1 Å². The predicted octanol–water partition coefficient (Wildman–Crippen LogP) is -0.933. The first kappa shape index (κ1) is 6.07. The lowest BCUT2D eigenvalue weighted by Crippen LogP contribution is -2.44. The molecule has 4 heteroatoms. The zero-order valence-corrected chi connectivity index (χ0v) is 5.22. The van der Waals surface area contributed by atoms with E-state index < -0.39 is 0 Å². The van der Waals surface area contributed by atoms with Crippen LogP contribution in [-0.2, 0) is 4.79 Å². The van der Waals surface area contributed by atoms with Gasteiger partial charge in [-0.25, -0.2) is 0 Å². The van der Waals surface area contributed by atoms with Gasteiger partial charge < -0.3 is 5.73 Å². The minimum absolute atomic E-state index is 0.0303. The topological polar surface area (TPSA) is 67.5 Å². The normalized spacial score (nSPS) is 27.0. The molecule has 50 valence electrons. The average molecular weight is 127 g/mol. The number of nitrogens with one attached hydrogen (secondary N) is 1. The van der Waals surface area contributed by atoms with E-state index in [1.54, 1.807) is 0 Å². The van der Waals surface area contributed by atoms with Crippen LogP contribution >= 0.6 is 0 Å². The highest BCUT2D eigenvalue weighted by atomic mass is 16.2. The Kier molecular flexibility index (Phi) is 1.38. The Balaban J connectivity index is 2.65. The van der Waals surface area contributed by atoms with Crippen LogP contribution in [0.3, 0.4) is 0 Å². The van der Waals surface area contributed by atoms with E-state index in [2.05, 4.69) is 10.3 Å². The Morgan fingerprint density at radius 2 is 2.56 bits per heavy atom. The molecular weight excluding hydrogens is 118 g/mol. The van der Waals surface area contributed by atoms with E-state index >= 15 is 0 Å². The number of hydrogen-bond acceptors (Lipinski definition) is 3. The van der Waals surface area contributed by atoms with Crippen molar-refractivity contribution >= 4 is 11.9 Å². The molecule has 0 saturated heterocycles. The molecule has 0 aromatic heterocycles. The molecule has 9 heavy (non-hydrogen) atoms. The number of nitrogens with zero attached hydrogens (tertiary/aromatic N) is 1. The van der Waals surface area contributed by atoms with E-state index in [-0.39, 0.29) is 17.8 Å². The summed E-state index contributed by atoms with van der Waals surface area (Å²) in [5, 5.41) is 2.42. The summed E-state index contributed by atoms with van der Waals surface area (Å²) < 4.78 is 0. The zero-order valence-electron chi connectivity index (χ0n) is 5.22. The second-order valence-electron chi connectivity index (χ2n) is 2.12. The van der Waals surface area contributed by atoms with E-state index in [1.165, 1.54) is 0 Å². The van der Waals surface area contributed by atoms with Gasteiger partial charge in [-0.2, -0.15) is 0 Å². The van der Waals surface area contributed by atoms with Crippen molar-refractivity contribution in [2.75, 3.05) is 6.54 Å². The fraction of sp³-hybridized carbons (Fsp3) is 0.600. The standard InChI is InChI=1S/C5H9N3O/c1-3-2-7-5(6)8-4(3)9/h3H,2H2,1H3,(H3,6,7,8,9)/t3-/m1/s1. The summed E-state index contributed by atoms with van der Waals surface area (Å²) in [6.07, 6.45) is 0. The molecule has 0 spiro atoms. The molecule has 1 aliphatic rings. The molecule has 1 aliphatic heterocycles. The van der Waals surface area contributed by atoms with Gasteiger partial charge >= 0.3 is 0 Å². The van der Waals surface area contributed by atoms with Crippen LogP contribution in [0.1, 0.15) is 6.92 Å². The molecule has 1 atom stereocenters.